The van der Waals surface area contributed by atoms with E-state index in [-0.39, 0.29) is 83.2 Å². The molecule has 3 amide bonds. The number of alkyl carbamates (subject to hydrolysis) is 1. The number of nitrogens with one attached hydrogen (secondary N) is 2. The zero-order valence-corrected chi connectivity index (χ0v) is 32.3. The van der Waals surface area contributed by atoms with E-state index in [1.807, 2.05) is 39.5 Å². The van der Waals surface area contributed by atoms with Crippen LogP contribution in [0.3, 0.4) is 0 Å². The molecule has 54 heavy (non-hydrogen) atoms. The Morgan fingerprint density at radius 3 is 2.09 bits per heavy atom. The molecule has 4 heterocycles. The number of benzene rings is 1. The van der Waals surface area contributed by atoms with Gasteiger partial charge in [0, 0.05) is 48.1 Å². The number of hydrogen-bond acceptors (Lipinski definition) is 8. The minimum atomic E-state index is -0.792. The van der Waals surface area contributed by atoms with Crippen LogP contribution in [-0.2, 0) is 23.9 Å². The minimum absolute atomic E-state index is 0.00234. The van der Waals surface area contributed by atoms with E-state index in [1.54, 1.807) is 11.1 Å². The summed E-state index contributed by atoms with van der Waals surface area (Å²) in [7, 11) is 2.55. The third kappa shape index (κ3) is 9.59. The molecule has 3 aliphatic heterocycles. The summed E-state index contributed by atoms with van der Waals surface area (Å²) in [6.45, 7) is 12.6. The molecule has 2 N–H and O–H groups in total. The molecule has 2 aromatic rings. The smallest absolute Gasteiger partial charge is 0.407 e. The van der Waals surface area contributed by atoms with Gasteiger partial charge in [-0.1, -0.05) is 59.3 Å². The van der Waals surface area contributed by atoms with E-state index in [9.17, 15) is 19.2 Å². The van der Waals surface area contributed by atoms with Crippen molar-refractivity contribution < 1.29 is 34.1 Å². The number of methoxy groups -OCH3 is 2. The van der Waals surface area contributed by atoms with Crippen LogP contribution in [0.2, 0.25) is 0 Å². The Labute approximate surface area is 324 Å². The molecule has 12 heteroatoms. The third-order valence-corrected chi connectivity index (χ3v) is 10.1. The quantitative estimate of drug-likeness (QED) is 0.264. The van der Waals surface area contributed by atoms with Crippen LogP contribution in [0, 0.1) is 53.3 Å². The minimum Gasteiger partial charge on any atom is -0.469 e. The van der Waals surface area contributed by atoms with Crippen molar-refractivity contribution in [2.24, 2.45) is 34.6 Å². The van der Waals surface area contributed by atoms with Crippen LogP contribution in [0.15, 0.2) is 47.1 Å². The zero-order chi connectivity index (χ0) is 42.6. The number of aliphatic imine (C=N–C) groups is 1. The molecule has 1 aromatic carbocycles. The summed E-state index contributed by atoms with van der Waals surface area (Å²) in [5, 5.41) is 2.64. The molecule has 0 spiro atoms. The number of carbonyl (C=O) groups is 4. The van der Waals surface area contributed by atoms with Crippen molar-refractivity contribution in [2.75, 3.05) is 27.3 Å². The molecule has 3 aliphatic rings. The Bertz CT molecular complexity index is 2110. The fraction of sp³-hybridized carbons (Fsp3) is 0.524. The van der Waals surface area contributed by atoms with E-state index in [4.69, 9.17) is 15.0 Å². The Kier molecular flexibility index (Phi) is 11.2. The molecule has 6 atom stereocenters. The molecule has 0 unspecified atom stereocenters. The first kappa shape index (κ1) is 34.4. The summed E-state index contributed by atoms with van der Waals surface area (Å²) in [4.78, 5) is 67.2. The summed E-state index contributed by atoms with van der Waals surface area (Å²) in [6.07, 6.45) is 4.13. The molecule has 0 radical (unpaired) electrons. The lowest BCUT2D eigenvalue weighted by molar-refractivity contribution is -0.148. The Hall–Kier alpha value is -5.36. The van der Waals surface area contributed by atoms with Crippen molar-refractivity contribution in [3.63, 3.8) is 0 Å². The van der Waals surface area contributed by atoms with E-state index in [0.717, 1.165) is 12.1 Å². The van der Waals surface area contributed by atoms with Gasteiger partial charge in [0.1, 0.15) is 17.6 Å². The molecule has 1 aromatic heterocycles. The van der Waals surface area contributed by atoms with Gasteiger partial charge in [-0.15, -0.1) is 0 Å². The molecule has 5 rings (SSSR count). The van der Waals surface area contributed by atoms with Crippen molar-refractivity contribution >= 4 is 29.6 Å². The van der Waals surface area contributed by atoms with Gasteiger partial charge in [0.15, 0.2) is 0 Å². The summed E-state index contributed by atoms with van der Waals surface area (Å²) in [5.41, 5.74) is 1.57. The highest BCUT2D eigenvalue weighted by molar-refractivity contribution is 5.98. The molecule has 2 fully saturated rings. The summed E-state index contributed by atoms with van der Waals surface area (Å²) in [5.74, 6) is 10.8. The van der Waals surface area contributed by atoms with E-state index >= 15 is 0 Å². The van der Waals surface area contributed by atoms with E-state index in [1.165, 1.54) is 20.4 Å². The fourth-order valence-electron chi connectivity index (χ4n) is 7.12. The van der Waals surface area contributed by atoms with Gasteiger partial charge in [-0.3, -0.25) is 19.4 Å². The van der Waals surface area contributed by atoms with Gasteiger partial charge in [0.25, 0.3) is 0 Å². The maximum Gasteiger partial charge on any atom is 0.407 e. The van der Waals surface area contributed by atoms with E-state index in [2.05, 4.69) is 50.9 Å². The van der Waals surface area contributed by atoms with Crippen LogP contribution in [0.1, 0.15) is 101 Å². The second kappa shape index (κ2) is 17.6. The summed E-state index contributed by atoms with van der Waals surface area (Å²) < 4.78 is 44.3. The highest BCUT2D eigenvalue weighted by Crippen LogP contribution is 2.35. The first-order chi connectivity index (χ1) is 27.4. The monoisotopic (exact) mass is 740 g/mol. The second-order valence-electron chi connectivity index (χ2n) is 15.1. The van der Waals surface area contributed by atoms with Crippen molar-refractivity contribution in [3.8, 4) is 23.7 Å². The molecular formula is C42H52N6O6. The lowest BCUT2D eigenvalue weighted by atomic mass is 9.90. The predicted octanol–water partition coefficient (Wildman–Crippen LogP) is 5.25. The zero-order valence-electron chi connectivity index (χ0n) is 36.3. The van der Waals surface area contributed by atoms with Crippen molar-refractivity contribution in [3.05, 3.63) is 64.8 Å². The number of rotatable bonds is 9. The third-order valence-electron chi connectivity index (χ3n) is 10.1. The van der Waals surface area contributed by atoms with Crippen LogP contribution in [-0.4, -0.2) is 88.7 Å². The number of aromatic nitrogens is 2. The summed E-state index contributed by atoms with van der Waals surface area (Å²) in [6, 6.07) is -2.78. The second-order valence-corrected chi connectivity index (χ2v) is 15.1. The number of amides is 3. The predicted molar refractivity (Wildman–Crippen MR) is 205 cm³/mol. The normalized spacial score (nSPS) is 22.8. The molecule has 2 saturated heterocycles. The van der Waals surface area contributed by atoms with Crippen molar-refractivity contribution in [1.29, 1.82) is 0 Å². The van der Waals surface area contributed by atoms with Crippen molar-refractivity contribution in [2.45, 2.75) is 85.4 Å². The Morgan fingerprint density at radius 1 is 0.889 bits per heavy atom. The number of H-pyrrole nitrogens is 1. The van der Waals surface area contributed by atoms with Crippen LogP contribution in [0.25, 0.3) is 0 Å². The maximum absolute atomic E-state index is 13.7. The first-order valence-corrected chi connectivity index (χ1v) is 18.4. The average Bonchev–Trinajstić information content (AvgIpc) is 4.01. The molecule has 286 valence electrons. The Balaban J connectivity index is 1.30. The lowest BCUT2D eigenvalue weighted by Crippen LogP contribution is -2.51. The number of imidazole rings is 1. The standard InChI is InChI=1S/C42H52N6O6/c1-25(2)33(20-37(49)53-7)40(50)47-23-27(5)17-35(47)34-19-31(21-43-34)14-13-29-9-11-30(12-10-29)15-16-32-22-44-39(45-32)36-18-28(6)24-48(36)41(51)38(26(3)4)46-42(52)54-8/h9-12,21-22,25-28,33,35-36,38H,17-20,23-24H2,1-8H3,(H,44,45)(H,46,52)/t27-,28-,33-,35-,36-,38-/m0/s1/i9D,10D,11D,12D. The molecule has 12 nitrogen and oxygen atoms in total. The molecule has 0 aliphatic carbocycles. The molecule has 0 saturated carbocycles. The largest absolute Gasteiger partial charge is 0.469 e. The lowest BCUT2D eigenvalue weighted by Gasteiger charge is -2.30. The molecular weight excluding hydrogens is 684 g/mol. The van der Waals surface area contributed by atoms with E-state index in [0.29, 0.717) is 43.0 Å². The summed E-state index contributed by atoms with van der Waals surface area (Å²) >= 11 is 0. The van der Waals surface area contributed by atoms with E-state index < -0.39 is 30.1 Å². The van der Waals surface area contributed by atoms with Crippen molar-refractivity contribution in [1.82, 2.24) is 25.1 Å². The number of carbonyl (C=O) groups excluding carboxylic acids is 4. The maximum atomic E-state index is 13.7. The fourth-order valence-corrected chi connectivity index (χ4v) is 7.12. The highest BCUT2D eigenvalue weighted by Gasteiger charge is 2.42. The van der Waals surface area contributed by atoms with Crippen LogP contribution < -0.4 is 5.32 Å². The van der Waals surface area contributed by atoms with Gasteiger partial charge in [0.2, 0.25) is 11.8 Å². The van der Waals surface area contributed by atoms with Gasteiger partial charge >= 0.3 is 12.1 Å². The first-order valence-electron chi connectivity index (χ1n) is 20.4. The Morgan fingerprint density at radius 2 is 1.50 bits per heavy atom. The van der Waals surface area contributed by atoms with Gasteiger partial charge in [-0.25, -0.2) is 9.78 Å². The number of ether oxygens (including phenoxy) is 2. The van der Waals surface area contributed by atoms with Gasteiger partial charge < -0.3 is 29.6 Å². The number of nitrogens with zero attached hydrogens (tertiary/aromatic N) is 4. The SMILES string of the molecule is [2H]c1c([2H])c(C#Cc2cnc([C@@H]3C[C@H](C)CN3C(=O)[C@@H](NC(=O)OC)C(C)C)[nH]2)c([2H])c([2H])c1C#CC1=CN=C([C@@H]2C[C@H](C)CN2C(=O)[C@@H](CC(=O)OC)C(C)C)C1. The number of allylic oxidation sites excluding steroid dienone is 1. The topological polar surface area (TPSA) is 146 Å². The average molecular weight is 741 g/mol. The number of aromatic amines is 1. The van der Waals surface area contributed by atoms with Crippen LogP contribution in [0.4, 0.5) is 4.79 Å². The van der Waals surface area contributed by atoms with Gasteiger partial charge in [-0.05, 0) is 66.6 Å². The van der Waals surface area contributed by atoms with Crippen LogP contribution in [0.5, 0.6) is 0 Å². The number of likely N-dealkylation sites (tertiary alicyclic amines) is 2. The highest BCUT2D eigenvalue weighted by atomic mass is 16.5. The van der Waals surface area contributed by atoms with Gasteiger partial charge in [-0.2, -0.15) is 0 Å². The molecule has 0 bridgehead atoms. The van der Waals surface area contributed by atoms with Gasteiger partial charge in [0.05, 0.1) is 50.3 Å². The number of hydrogen-bond donors (Lipinski definition) is 2. The van der Waals surface area contributed by atoms with Crippen LogP contribution >= 0.6 is 0 Å². The number of esters is 1.